The molecular formula is C25H37N3O. The minimum Gasteiger partial charge on any atom is -0.351 e. The van der Waals surface area contributed by atoms with Crippen LogP contribution in [0.4, 0.5) is 0 Å². The number of hydrogen-bond acceptors (Lipinski definition) is 3. The minimum absolute atomic E-state index is 0.0631. The van der Waals surface area contributed by atoms with Crippen LogP contribution in [-0.4, -0.2) is 55.0 Å². The summed E-state index contributed by atoms with van der Waals surface area (Å²) in [6.07, 6.45) is 7.58. The first-order chi connectivity index (χ1) is 14.0. The SMILES string of the molecule is C[C@@H](NC(=O)C12CC3CC(CC(C3)C1)C2)[C@H](c1ccccc1)N1CCN(C)CC1. The average molecular weight is 396 g/mol. The summed E-state index contributed by atoms with van der Waals surface area (Å²) in [6, 6.07) is 11.2. The number of carbonyl (C=O) groups is 1. The Morgan fingerprint density at radius 3 is 2.07 bits per heavy atom. The molecular weight excluding hydrogens is 358 g/mol. The highest BCUT2D eigenvalue weighted by molar-refractivity contribution is 5.83. The van der Waals surface area contributed by atoms with E-state index in [1.165, 1.54) is 24.8 Å². The second-order valence-corrected chi connectivity index (χ2v) is 10.7. The molecule has 5 aliphatic rings. The van der Waals surface area contributed by atoms with Crippen molar-refractivity contribution in [3.63, 3.8) is 0 Å². The highest BCUT2D eigenvalue weighted by Crippen LogP contribution is 2.60. The maximum Gasteiger partial charge on any atom is 0.226 e. The fraction of sp³-hybridized carbons (Fsp3) is 0.720. The zero-order valence-electron chi connectivity index (χ0n) is 18.1. The van der Waals surface area contributed by atoms with Crippen molar-refractivity contribution in [2.75, 3.05) is 33.2 Å². The van der Waals surface area contributed by atoms with Crippen molar-refractivity contribution in [2.45, 2.75) is 57.5 Å². The summed E-state index contributed by atoms with van der Waals surface area (Å²) in [5, 5.41) is 3.55. The summed E-state index contributed by atoms with van der Waals surface area (Å²) < 4.78 is 0. The second-order valence-electron chi connectivity index (χ2n) is 10.7. The van der Waals surface area contributed by atoms with Crippen molar-refractivity contribution in [2.24, 2.45) is 23.2 Å². The van der Waals surface area contributed by atoms with Gasteiger partial charge in [0.1, 0.15) is 0 Å². The van der Waals surface area contributed by atoms with Crippen molar-refractivity contribution in [3.05, 3.63) is 35.9 Å². The lowest BCUT2D eigenvalue weighted by molar-refractivity contribution is -0.147. The normalized spacial score (nSPS) is 36.7. The molecule has 5 fully saturated rings. The molecule has 158 valence electrons. The molecule has 4 heteroatoms. The first-order valence-electron chi connectivity index (χ1n) is 11.8. The van der Waals surface area contributed by atoms with Gasteiger partial charge >= 0.3 is 0 Å². The van der Waals surface area contributed by atoms with Gasteiger partial charge < -0.3 is 10.2 Å². The van der Waals surface area contributed by atoms with Gasteiger partial charge in [-0.05, 0) is 75.8 Å². The molecule has 0 unspecified atom stereocenters. The Balaban J connectivity index is 1.34. The van der Waals surface area contributed by atoms with E-state index in [1.807, 2.05) is 0 Å². The van der Waals surface area contributed by atoms with Crippen molar-refractivity contribution in [1.29, 1.82) is 0 Å². The van der Waals surface area contributed by atoms with E-state index in [9.17, 15) is 4.79 Å². The quantitative estimate of drug-likeness (QED) is 0.826. The fourth-order valence-corrected chi connectivity index (χ4v) is 7.39. The van der Waals surface area contributed by atoms with E-state index in [2.05, 4.69) is 59.4 Å². The third-order valence-corrected chi connectivity index (χ3v) is 8.42. The van der Waals surface area contributed by atoms with Gasteiger partial charge in [-0.1, -0.05) is 30.3 Å². The lowest BCUT2D eigenvalue weighted by Crippen LogP contribution is -2.57. The van der Waals surface area contributed by atoms with Gasteiger partial charge in [0.25, 0.3) is 0 Å². The molecule has 1 heterocycles. The van der Waals surface area contributed by atoms with Crippen LogP contribution in [0, 0.1) is 23.2 Å². The topological polar surface area (TPSA) is 35.6 Å². The molecule has 1 aromatic rings. The lowest BCUT2D eigenvalue weighted by Gasteiger charge is -2.56. The standard InChI is InChI=1S/C25H37N3O/c1-18(23(22-6-4-3-5-7-22)28-10-8-27(2)9-11-28)26-24(29)25-15-19-12-20(16-25)14-21(13-19)17-25/h3-7,18-21,23H,8-17H2,1-2H3,(H,26,29)/t18-,19?,20?,21?,23-,25?/m1/s1. The van der Waals surface area contributed by atoms with E-state index >= 15 is 0 Å². The van der Waals surface area contributed by atoms with Gasteiger partial charge in [0.2, 0.25) is 5.91 Å². The predicted molar refractivity (Wildman–Crippen MR) is 116 cm³/mol. The van der Waals surface area contributed by atoms with Gasteiger partial charge in [-0.3, -0.25) is 9.69 Å². The van der Waals surface area contributed by atoms with Gasteiger partial charge in [-0.2, -0.15) is 0 Å². The van der Waals surface area contributed by atoms with Gasteiger partial charge in [-0.15, -0.1) is 0 Å². The number of rotatable bonds is 5. The molecule has 0 spiro atoms. The molecule has 4 aliphatic carbocycles. The van der Waals surface area contributed by atoms with Crippen LogP contribution in [0.1, 0.15) is 57.1 Å². The van der Waals surface area contributed by atoms with Crippen LogP contribution in [0.2, 0.25) is 0 Å². The molecule has 1 saturated heterocycles. The molecule has 2 atom stereocenters. The van der Waals surface area contributed by atoms with E-state index in [-0.39, 0.29) is 17.5 Å². The number of nitrogens with one attached hydrogen (secondary N) is 1. The predicted octanol–water partition coefficient (Wildman–Crippen LogP) is 3.70. The zero-order valence-corrected chi connectivity index (χ0v) is 18.1. The van der Waals surface area contributed by atoms with Crippen molar-refractivity contribution in [1.82, 2.24) is 15.1 Å². The van der Waals surface area contributed by atoms with Gasteiger partial charge in [-0.25, -0.2) is 0 Å². The Labute approximate surface area is 176 Å². The maximum atomic E-state index is 13.6. The van der Waals surface area contributed by atoms with Crippen molar-refractivity contribution in [3.8, 4) is 0 Å². The molecule has 4 nitrogen and oxygen atoms in total. The van der Waals surface area contributed by atoms with E-state index in [0.717, 1.165) is 63.2 Å². The fourth-order valence-electron chi connectivity index (χ4n) is 7.39. The third-order valence-electron chi connectivity index (χ3n) is 8.42. The largest absolute Gasteiger partial charge is 0.351 e. The number of piperazine rings is 1. The summed E-state index contributed by atoms with van der Waals surface area (Å²) in [5.74, 6) is 2.79. The van der Waals surface area contributed by atoms with E-state index in [4.69, 9.17) is 0 Å². The van der Waals surface area contributed by atoms with Crippen LogP contribution < -0.4 is 5.32 Å². The number of nitrogens with zero attached hydrogens (tertiary/aromatic N) is 2. The Morgan fingerprint density at radius 2 is 1.52 bits per heavy atom. The van der Waals surface area contributed by atoms with Crippen LogP contribution in [0.25, 0.3) is 0 Å². The van der Waals surface area contributed by atoms with E-state index in [1.54, 1.807) is 0 Å². The zero-order chi connectivity index (χ0) is 20.0. The molecule has 1 aliphatic heterocycles. The molecule has 1 aromatic carbocycles. The molecule has 6 rings (SSSR count). The van der Waals surface area contributed by atoms with Gasteiger partial charge in [0.05, 0.1) is 6.04 Å². The third kappa shape index (κ3) is 3.74. The lowest BCUT2D eigenvalue weighted by atomic mass is 9.49. The Hall–Kier alpha value is -1.39. The molecule has 4 saturated carbocycles. The van der Waals surface area contributed by atoms with Crippen molar-refractivity contribution < 1.29 is 4.79 Å². The second kappa shape index (κ2) is 7.70. The van der Waals surface area contributed by atoms with Crippen LogP contribution in [0.5, 0.6) is 0 Å². The Bertz CT molecular complexity index is 690. The maximum absolute atomic E-state index is 13.6. The number of hydrogen-bond donors (Lipinski definition) is 1. The first-order valence-corrected chi connectivity index (χ1v) is 11.8. The van der Waals surface area contributed by atoms with Crippen molar-refractivity contribution >= 4 is 5.91 Å². The van der Waals surface area contributed by atoms with E-state index < -0.39 is 0 Å². The molecule has 0 aromatic heterocycles. The Kier molecular flexibility index (Phi) is 5.19. The number of benzene rings is 1. The van der Waals surface area contributed by atoms with Crippen LogP contribution >= 0.6 is 0 Å². The summed E-state index contributed by atoms with van der Waals surface area (Å²) in [5.41, 5.74) is 1.27. The molecule has 1 amide bonds. The van der Waals surface area contributed by atoms with Gasteiger partial charge in [0.15, 0.2) is 0 Å². The summed E-state index contributed by atoms with van der Waals surface area (Å²) in [6.45, 7) is 6.55. The molecule has 0 radical (unpaired) electrons. The molecule has 4 bridgehead atoms. The van der Waals surface area contributed by atoms with Gasteiger partial charge in [0, 0.05) is 37.6 Å². The van der Waals surface area contributed by atoms with Crippen LogP contribution in [-0.2, 0) is 4.79 Å². The average Bonchev–Trinajstić information content (AvgIpc) is 2.69. The number of amides is 1. The van der Waals surface area contributed by atoms with E-state index in [0.29, 0.717) is 5.91 Å². The summed E-state index contributed by atoms with van der Waals surface area (Å²) >= 11 is 0. The number of likely N-dealkylation sites (N-methyl/N-ethyl adjacent to an activating group) is 1. The molecule has 29 heavy (non-hydrogen) atoms. The highest BCUT2D eigenvalue weighted by atomic mass is 16.2. The van der Waals surface area contributed by atoms with Crippen LogP contribution in [0.3, 0.4) is 0 Å². The Morgan fingerprint density at radius 1 is 0.966 bits per heavy atom. The monoisotopic (exact) mass is 395 g/mol. The first kappa shape index (κ1) is 19.6. The minimum atomic E-state index is -0.0631. The number of carbonyl (C=O) groups excluding carboxylic acids is 1. The summed E-state index contributed by atoms with van der Waals surface area (Å²) in [7, 11) is 2.20. The smallest absolute Gasteiger partial charge is 0.226 e. The highest BCUT2D eigenvalue weighted by Gasteiger charge is 2.54. The molecule has 1 N–H and O–H groups in total. The van der Waals surface area contributed by atoms with Crippen LogP contribution in [0.15, 0.2) is 30.3 Å². The summed E-state index contributed by atoms with van der Waals surface area (Å²) in [4.78, 5) is 18.6.